The minimum Gasteiger partial charge on any atom is -0.470 e. The average Bonchev–Trinajstić information content (AvgIpc) is 3.23. The number of carbonyl (C=O) groups is 1. The summed E-state index contributed by atoms with van der Waals surface area (Å²) in [6.45, 7) is 0.573. The van der Waals surface area contributed by atoms with E-state index in [4.69, 9.17) is 16.3 Å². The van der Waals surface area contributed by atoms with Crippen molar-refractivity contribution in [1.29, 1.82) is 0 Å². The molecule has 5 rings (SSSR count). The highest BCUT2D eigenvalue weighted by Crippen LogP contribution is 2.47. The zero-order chi connectivity index (χ0) is 22.2. The van der Waals surface area contributed by atoms with Crippen LogP contribution in [0, 0.1) is 16.0 Å². The van der Waals surface area contributed by atoms with Crippen LogP contribution in [0.5, 0.6) is 5.75 Å². The zero-order valence-electron chi connectivity index (χ0n) is 17.0. The minimum atomic E-state index is -0.424. The van der Waals surface area contributed by atoms with Gasteiger partial charge < -0.3 is 15.0 Å². The molecule has 2 aliphatic rings. The van der Waals surface area contributed by atoms with E-state index in [9.17, 15) is 14.9 Å². The van der Waals surface area contributed by atoms with Gasteiger partial charge in [-0.05, 0) is 48.9 Å². The number of hydrogen-bond acceptors (Lipinski definition) is 5. The van der Waals surface area contributed by atoms with Crippen molar-refractivity contribution in [3.63, 3.8) is 0 Å². The summed E-state index contributed by atoms with van der Waals surface area (Å²) in [6, 6.07) is 20.8. The topological polar surface area (TPSA) is 84.7 Å². The fourth-order valence-corrected chi connectivity index (χ4v) is 4.69. The molecule has 0 aromatic heterocycles. The second-order valence-corrected chi connectivity index (χ2v) is 8.37. The van der Waals surface area contributed by atoms with Gasteiger partial charge in [-0.1, -0.05) is 29.8 Å². The van der Waals surface area contributed by atoms with Gasteiger partial charge in [0, 0.05) is 46.4 Å². The minimum absolute atomic E-state index is 0.0104. The number of benzene rings is 3. The highest BCUT2D eigenvalue weighted by Gasteiger charge is 2.47. The summed E-state index contributed by atoms with van der Waals surface area (Å²) in [7, 11) is 0. The van der Waals surface area contributed by atoms with Gasteiger partial charge in [-0.2, -0.15) is 0 Å². The van der Waals surface area contributed by atoms with E-state index in [2.05, 4.69) is 5.32 Å². The molecule has 0 unspecified atom stereocenters. The Kier molecular flexibility index (Phi) is 5.19. The molecule has 0 aliphatic carbocycles. The largest absolute Gasteiger partial charge is 0.470 e. The molecular weight excluding hydrogens is 430 g/mol. The first-order valence-corrected chi connectivity index (χ1v) is 10.7. The number of likely N-dealkylation sites (tertiary alicyclic amines) is 1. The van der Waals surface area contributed by atoms with Gasteiger partial charge in [-0.3, -0.25) is 14.9 Å². The van der Waals surface area contributed by atoms with E-state index < -0.39 is 11.2 Å². The van der Waals surface area contributed by atoms with Crippen LogP contribution in [0.4, 0.5) is 11.4 Å². The SMILES string of the molecule is O=C(c1ccccc1)N1CC[C@@H]2[C@H](Nc3ccc([N+](=O)[O-])cc3)c3cc(Cl)ccc3O[C@@H]21. The van der Waals surface area contributed by atoms with Gasteiger partial charge in [-0.15, -0.1) is 0 Å². The quantitative estimate of drug-likeness (QED) is 0.432. The maximum absolute atomic E-state index is 13.2. The van der Waals surface area contributed by atoms with Crippen molar-refractivity contribution in [3.8, 4) is 5.75 Å². The van der Waals surface area contributed by atoms with Crippen LogP contribution in [-0.2, 0) is 0 Å². The number of rotatable bonds is 4. The van der Waals surface area contributed by atoms with Gasteiger partial charge >= 0.3 is 0 Å². The molecule has 0 saturated carbocycles. The van der Waals surface area contributed by atoms with E-state index in [-0.39, 0.29) is 23.6 Å². The van der Waals surface area contributed by atoms with E-state index in [1.54, 1.807) is 35.2 Å². The highest BCUT2D eigenvalue weighted by molar-refractivity contribution is 6.30. The number of non-ortho nitro benzene ring substituents is 1. The summed E-state index contributed by atoms with van der Waals surface area (Å²) in [5.41, 5.74) is 2.31. The molecule has 8 heteroatoms. The first-order valence-electron chi connectivity index (χ1n) is 10.3. The summed E-state index contributed by atoms with van der Waals surface area (Å²) in [4.78, 5) is 25.5. The highest BCUT2D eigenvalue weighted by atomic mass is 35.5. The number of amides is 1. The van der Waals surface area contributed by atoms with Crippen LogP contribution >= 0.6 is 11.6 Å². The van der Waals surface area contributed by atoms with Gasteiger partial charge in [0.2, 0.25) is 0 Å². The predicted octanol–water partition coefficient (Wildman–Crippen LogP) is 5.28. The van der Waals surface area contributed by atoms with E-state index >= 15 is 0 Å². The fraction of sp³-hybridized carbons (Fsp3) is 0.208. The second-order valence-electron chi connectivity index (χ2n) is 7.93. The van der Waals surface area contributed by atoms with Gasteiger partial charge in [0.1, 0.15) is 5.75 Å². The third-order valence-electron chi connectivity index (χ3n) is 6.04. The third-order valence-corrected chi connectivity index (χ3v) is 6.28. The summed E-state index contributed by atoms with van der Waals surface area (Å²) in [6.07, 6.45) is 0.326. The molecule has 2 heterocycles. The van der Waals surface area contributed by atoms with Crippen LogP contribution in [0.15, 0.2) is 72.8 Å². The molecule has 32 heavy (non-hydrogen) atoms. The van der Waals surface area contributed by atoms with Crippen LogP contribution in [0.3, 0.4) is 0 Å². The molecule has 162 valence electrons. The van der Waals surface area contributed by atoms with Gasteiger partial charge in [-0.25, -0.2) is 0 Å². The number of nitro groups is 1. The second kappa shape index (κ2) is 8.16. The molecule has 0 spiro atoms. The Morgan fingerprint density at radius 3 is 2.56 bits per heavy atom. The molecule has 3 aromatic rings. The molecule has 1 fully saturated rings. The molecule has 3 atom stereocenters. The van der Waals surface area contributed by atoms with Gasteiger partial charge in [0.05, 0.1) is 11.0 Å². The molecule has 1 amide bonds. The Bertz CT molecular complexity index is 1170. The number of nitrogens with one attached hydrogen (secondary N) is 1. The maximum Gasteiger partial charge on any atom is 0.269 e. The van der Waals surface area contributed by atoms with Crippen molar-refractivity contribution < 1.29 is 14.5 Å². The number of anilines is 1. The molecule has 1 saturated heterocycles. The van der Waals surface area contributed by atoms with E-state index in [0.29, 0.717) is 22.9 Å². The van der Waals surface area contributed by atoms with E-state index in [1.165, 1.54) is 12.1 Å². The van der Waals surface area contributed by atoms with E-state index in [0.717, 1.165) is 17.7 Å². The number of fused-ring (bicyclic) bond motifs is 2. The Labute approximate surface area is 189 Å². The summed E-state index contributed by atoms with van der Waals surface area (Å²) >= 11 is 6.28. The van der Waals surface area contributed by atoms with Crippen molar-refractivity contribution in [3.05, 3.63) is 99.1 Å². The molecule has 2 aliphatic heterocycles. The van der Waals surface area contributed by atoms with Crippen LogP contribution in [-0.4, -0.2) is 28.5 Å². The van der Waals surface area contributed by atoms with Crippen LogP contribution in [0.25, 0.3) is 0 Å². The lowest BCUT2D eigenvalue weighted by atomic mass is 9.88. The predicted molar refractivity (Wildman–Crippen MR) is 121 cm³/mol. The fourth-order valence-electron chi connectivity index (χ4n) is 4.51. The Balaban J connectivity index is 1.48. The van der Waals surface area contributed by atoms with Crippen LogP contribution in [0.1, 0.15) is 28.4 Å². The first-order chi connectivity index (χ1) is 15.5. The van der Waals surface area contributed by atoms with E-state index in [1.807, 2.05) is 30.3 Å². The first kappa shape index (κ1) is 20.3. The number of nitro benzene ring substituents is 1. The average molecular weight is 450 g/mol. The number of halogens is 1. The lowest BCUT2D eigenvalue weighted by molar-refractivity contribution is -0.384. The van der Waals surface area contributed by atoms with Crippen molar-refractivity contribution in [1.82, 2.24) is 4.90 Å². The Morgan fingerprint density at radius 2 is 1.84 bits per heavy atom. The summed E-state index contributed by atoms with van der Waals surface area (Å²) < 4.78 is 6.30. The Morgan fingerprint density at radius 1 is 1.09 bits per heavy atom. The lowest BCUT2D eigenvalue weighted by Crippen LogP contribution is -2.46. The zero-order valence-corrected chi connectivity index (χ0v) is 17.7. The summed E-state index contributed by atoms with van der Waals surface area (Å²) in [5.74, 6) is 0.594. The summed E-state index contributed by atoms with van der Waals surface area (Å²) in [5, 5.41) is 15.1. The molecule has 7 nitrogen and oxygen atoms in total. The van der Waals surface area contributed by atoms with Crippen LogP contribution in [0.2, 0.25) is 5.02 Å². The normalized spacial score (nSPS) is 21.3. The van der Waals surface area contributed by atoms with Gasteiger partial charge in [0.25, 0.3) is 11.6 Å². The van der Waals surface area contributed by atoms with Crippen molar-refractivity contribution in [2.45, 2.75) is 18.7 Å². The van der Waals surface area contributed by atoms with Crippen molar-refractivity contribution in [2.75, 3.05) is 11.9 Å². The molecule has 0 bridgehead atoms. The number of nitrogens with zero attached hydrogens (tertiary/aromatic N) is 2. The third kappa shape index (κ3) is 3.65. The maximum atomic E-state index is 13.2. The molecule has 1 N–H and O–H groups in total. The smallest absolute Gasteiger partial charge is 0.269 e. The lowest BCUT2D eigenvalue weighted by Gasteiger charge is -2.39. The number of carbonyl (C=O) groups excluding carboxylic acids is 1. The van der Waals surface area contributed by atoms with Crippen molar-refractivity contribution >= 4 is 28.9 Å². The Hall–Kier alpha value is -3.58. The number of hydrogen-bond donors (Lipinski definition) is 1. The standard InChI is InChI=1S/C24H20ClN3O4/c25-16-6-11-21-20(14-16)22(26-17-7-9-18(10-8-17)28(30)31)19-12-13-27(24(19)32-21)23(29)15-4-2-1-3-5-15/h1-11,14,19,22,24,26H,12-13H2/t19-,22+,24+/m1/s1. The number of ether oxygens (including phenoxy) is 1. The molecule has 3 aromatic carbocycles. The molecule has 0 radical (unpaired) electrons. The van der Waals surface area contributed by atoms with Crippen molar-refractivity contribution in [2.24, 2.45) is 5.92 Å². The monoisotopic (exact) mass is 449 g/mol. The molecular formula is C24H20ClN3O4. The van der Waals surface area contributed by atoms with Gasteiger partial charge in [0.15, 0.2) is 6.23 Å². The van der Waals surface area contributed by atoms with Crippen LogP contribution < -0.4 is 10.1 Å².